The monoisotopic (exact) mass is 206 g/mol. The highest BCUT2D eigenvalue weighted by atomic mass is 16.2. The number of carbonyl (C=O) groups excluding carboxylic acids is 1. The van der Waals surface area contributed by atoms with Crippen LogP contribution in [0.25, 0.3) is 0 Å². The fourth-order valence-corrected chi connectivity index (χ4v) is 1.72. The van der Waals surface area contributed by atoms with Gasteiger partial charge in [0.05, 0.1) is 18.4 Å². The molecule has 5 nitrogen and oxygen atoms in total. The van der Waals surface area contributed by atoms with E-state index in [0.29, 0.717) is 19.6 Å². The van der Waals surface area contributed by atoms with Crippen LogP contribution in [0.15, 0.2) is 18.5 Å². The molecular formula is C10H14N4O. The maximum absolute atomic E-state index is 11.2. The number of carbonyl (C=O) groups is 1. The molecule has 2 heterocycles. The average Bonchev–Trinajstić information content (AvgIpc) is 2.29. The molecule has 0 aliphatic carbocycles. The number of amides is 1. The lowest BCUT2D eigenvalue weighted by Gasteiger charge is -2.29. The van der Waals surface area contributed by atoms with Crippen molar-refractivity contribution in [3.63, 3.8) is 0 Å². The summed E-state index contributed by atoms with van der Waals surface area (Å²) in [5.41, 5.74) is 7.63. The van der Waals surface area contributed by atoms with Crippen LogP contribution >= 0.6 is 0 Å². The zero-order valence-electron chi connectivity index (χ0n) is 8.44. The Morgan fingerprint density at radius 2 is 2.47 bits per heavy atom. The zero-order chi connectivity index (χ0) is 10.7. The van der Waals surface area contributed by atoms with E-state index in [9.17, 15) is 4.79 Å². The molecule has 80 valence electrons. The molecule has 0 unspecified atom stereocenters. The Balaban J connectivity index is 2.24. The Morgan fingerprint density at radius 3 is 3.20 bits per heavy atom. The van der Waals surface area contributed by atoms with E-state index in [0.717, 1.165) is 17.8 Å². The summed E-state index contributed by atoms with van der Waals surface area (Å²) in [6.07, 6.45) is 3.48. The average molecular weight is 206 g/mol. The van der Waals surface area contributed by atoms with Gasteiger partial charge in [-0.3, -0.25) is 9.78 Å². The van der Waals surface area contributed by atoms with Crippen LogP contribution in [0.5, 0.6) is 0 Å². The molecular weight excluding hydrogens is 192 g/mol. The summed E-state index contributed by atoms with van der Waals surface area (Å²) in [5.74, 6) is 0.0491. The molecule has 1 amide bonds. The highest BCUT2D eigenvalue weighted by Gasteiger charge is 2.18. The minimum Gasteiger partial charge on any atom is -0.359 e. The van der Waals surface area contributed by atoms with Crippen molar-refractivity contribution in [3.05, 3.63) is 24.0 Å². The molecule has 1 aromatic rings. The Labute approximate surface area is 88.3 Å². The summed E-state index contributed by atoms with van der Waals surface area (Å²) < 4.78 is 0. The third-order valence-electron chi connectivity index (χ3n) is 2.49. The number of nitrogens with zero attached hydrogens (tertiary/aromatic N) is 2. The van der Waals surface area contributed by atoms with E-state index >= 15 is 0 Å². The van der Waals surface area contributed by atoms with Crippen molar-refractivity contribution in [3.8, 4) is 0 Å². The molecule has 2 rings (SSSR count). The second-order valence-corrected chi connectivity index (χ2v) is 3.48. The first kappa shape index (κ1) is 9.92. The largest absolute Gasteiger partial charge is 0.359 e. The number of hydrogen-bond donors (Lipinski definition) is 2. The number of pyridine rings is 1. The predicted octanol–water partition coefficient (Wildman–Crippen LogP) is -0.524. The van der Waals surface area contributed by atoms with Crippen molar-refractivity contribution < 1.29 is 4.79 Å². The van der Waals surface area contributed by atoms with Crippen LogP contribution in [0.4, 0.5) is 5.69 Å². The van der Waals surface area contributed by atoms with E-state index in [1.807, 2.05) is 11.0 Å². The third kappa shape index (κ3) is 2.07. The third-order valence-corrected chi connectivity index (χ3v) is 2.49. The van der Waals surface area contributed by atoms with Gasteiger partial charge in [0.1, 0.15) is 0 Å². The maximum Gasteiger partial charge on any atom is 0.239 e. The SMILES string of the molecule is NCc1ccncc1N1CCNC(=O)C1. The lowest BCUT2D eigenvalue weighted by molar-refractivity contribution is -0.120. The first-order valence-electron chi connectivity index (χ1n) is 4.96. The Morgan fingerprint density at radius 1 is 1.60 bits per heavy atom. The molecule has 0 saturated carbocycles. The highest BCUT2D eigenvalue weighted by Crippen LogP contribution is 2.18. The van der Waals surface area contributed by atoms with Crippen LogP contribution in [0.3, 0.4) is 0 Å². The standard InChI is InChI=1S/C10H14N4O/c11-5-8-1-2-12-6-9(8)14-4-3-13-10(15)7-14/h1-2,6H,3-5,7,11H2,(H,13,15). The predicted molar refractivity (Wildman–Crippen MR) is 57.4 cm³/mol. The molecule has 3 N–H and O–H groups in total. The normalized spacial score (nSPS) is 16.3. The van der Waals surface area contributed by atoms with Crippen LogP contribution in [0.1, 0.15) is 5.56 Å². The Bertz CT molecular complexity index is 366. The molecule has 0 spiro atoms. The minimum absolute atomic E-state index is 0.0491. The molecule has 1 saturated heterocycles. The lowest BCUT2D eigenvalue weighted by atomic mass is 10.2. The number of anilines is 1. The summed E-state index contributed by atoms with van der Waals surface area (Å²) in [7, 11) is 0. The van der Waals surface area contributed by atoms with Gasteiger partial charge in [0.25, 0.3) is 0 Å². The molecule has 0 radical (unpaired) electrons. The maximum atomic E-state index is 11.2. The minimum atomic E-state index is 0.0491. The number of rotatable bonds is 2. The fraction of sp³-hybridized carbons (Fsp3) is 0.400. The van der Waals surface area contributed by atoms with Crippen molar-refractivity contribution in [1.29, 1.82) is 0 Å². The molecule has 0 aromatic carbocycles. The first-order chi connectivity index (χ1) is 7.31. The topological polar surface area (TPSA) is 71.2 Å². The fourth-order valence-electron chi connectivity index (χ4n) is 1.72. The quantitative estimate of drug-likeness (QED) is 0.683. The number of nitrogens with two attached hydrogens (primary N) is 1. The zero-order valence-corrected chi connectivity index (χ0v) is 8.44. The van der Waals surface area contributed by atoms with Crippen molar-refractivity contribution in [2.75, 3.05) is 24.5 Å². The van der Waals surface area contributed by atoms with Crippen LogP contribution in [-0.4, -0.2) is 30.5 Å². The summed E-state index contributed by atoms with van der Waals surface area (Å²) in [6, 6.07) is 1.89. The van der Waals surface area contributed by atoms with Gasteiger partial charge in [-0.15, -0.1) is 0 Å². The van der Waals surface area contributed by atoms with E-state index in [2.05, 4.69) is 10.3 Å². The van der Waals surface area contributed by atoms with Gasteiger partial charge >= 0.3 is 0 Å². The Kier molecular flexibility index (Phi) is 2.82. The van der Waals surface area contributed by atoms with Crippen LogP contribution < -0.4 is 16.0 Å². The second-order valence-electron chi connectivity index (χ2n) is 3.48. The highest BCUT2D eigenvalue weighted by molar-refractivity contribution is 5.82. The van der Waals surface area contributed by atoms with Crippen molar-refractivity contribution in [2.45, 2.75) is 6.54 Å². The van der Waals surface area contributed by atoms with Gasteiger partial charge in [-0.25, -0.2) is 0 Å². The molecule has 15 heavy (non-hydrogen) atoms. The number of aromatic nitrogens is 1. The van der Waals surface area contributed by atoms with Gasteiger partial charge < -0.3 is 16.0 Å². The number of hydrogen-bond acceptors (Lipinski definition) is 4. The van der Waals surface area contributed by atoms with E-state index < -0.39 is 0 Å². The first-order valence-corrected chi connectivity index (χ1v) is 4.96. The van der Waals surface area contributed by atoms with Crippen LogP contribution in [0, 0.1) is 0 Å². The van der Waals surface area contributed by atoms with Gasteiger partial charge in [-0.05, 0) is 11.6 Å². The van der Waals surface area contributed by atoms with E-state index in [4.69, 9.17) is 5.73 Å². The lowest BCUT2D eigenvalue weighted by Crippen LogP contribution is -2.48. The molecule has 1 aliphatic rings. The molecule has 1 fully saturated rings. The number of piperazine rings is 1. The van der Waals surface area contributed by atoms with Gasteiger partial charge in [0.2, 0.25) is 5.91 Å². The summed E-state index contributed by atoms with van der Waals surface area (Å²) in [6.45, 7) is 2.34. The summed E-state index contributed by atoms with van der Waals surface area (Å²) in [4.78, 5) is 17.3. The van der Waals surface area contributed by atoms with Crippen molar-refractivity contribution in [1.82, 2.24) is 10.3 Å². The number of nitrogens with one attached hydrogen (secondary N) is 1. The molecule has 0 atom stereocenters. The van der Waals surface area contributed by atoms with E-state index in [-0.39, 0.29) is 5.91 Å². The molecule has 1 aromatic heterocycles. The van der Waals surface area contributed by atoms with Crippen molar-refractivity contribution >= 4 is 11.6 Å². The van der Waals surface area contributed by atoms with Gasteiger partial charge in [0, 0.05) is 25.8 Å². The van der Waals surface area contributed by atoms with E-state index in [1.54, 1.807) is 12.4 Å². The van der Waals surface area contributed by atoms with Crippen molar-refractivity contribution in [2.24, 2.45) is 5.73 Å². The van der Waals surface area contributed by atoms with Gasteiger partial charge in [-0.1, -0.05) is 0 Å². The second kappa shape index (κ2) is 4.27. The van der Waals surface area contributed by atoms with Gasteiger partial charge in [0.15, 0.2) is 0 Å². The van der Waals surface area contributed by atoms with Crippen LogP contribution in [-0.2, 0) is 11.3 Å². The van der Waals surface area contributed by atoms with Gasteiger partial charge in [-0.2, -0.15) is 0 Å². The molecule has 1 aliphatic heterocycles. The summed E-state index contributed by atoms with van der Waals surface area (Å²) in [5, 5.41) is 2.79. The van der Waals surface area contributed by atoms with E-state index in [1.165, 1.54) is 0 Å². The Hall–Kier alpha value is -1.62. The molecule has 0 bridgehead atoms. The molecule has 5 heteroatoms. The smallest absolute Gasteiger partial charge is 0.239 e. The van der Waals surface area contributed by atoms with Crippen LogP contribution in [0.2, 0.25) is 0 Å². The summed E-state index contributed by atoms with van der Waals surface area (Å²) >= 11 is 0.